The summed E-state index contributed by atoms with van der Waals surface area (Å²) in [6.45, 7) is 4.77. The smallest absolute Gasteiger partial charge is 0.137 e. The Bertz CT molecular complexity index is 3580. The molecular formula is C57H38N2O2. The van der Waals surface area contributed by atoms with E-state index in [4.69, 9.17) is 8.83 Å². The van der Waals surface area contributed by atoms with Crippen LogP contribution in [0.5, 0.6) is 0 Å². The van der Waals surface area contributed by atoms with Crippen molar-refractivity contribution in [2.75, 3.05) is 4.90 Å². The van der Waals surface area contributed by atoms with Crippen LogP contribution in [0.1, 0.15) is 25.0 Å². The monoisotopic (exact) mass is 782 g/mol. The molecule has 1 aliphatic carbocycles. The van der Waals surface area contributed by atoms with E-state index in [1.807, 2.05) is 24.3 Å². The summed E-state index contributed by atoms with van der Waals surface area (Å²) in [5.74, 6) is 0. The van der Waals surface area contributed by atoms with E-state index < -0.39 is 0 Å². The molecule has 12 aromatic rings. The summed E-state index contributed by atoms with van der Waals surface area (Å²) < 4.78 is 15.4. The van der Waals surface area contributed by atoms with Gasteiger partial charge < -0.3 is 18.3 Å². The Balaban J connectivity index is 1.02. The average molecular weight is 783 g/mol. The Morgan fingerprint density at radius 3 is 1.48 bits per heavy atom. The molecule has 0 radical (unpaired) electrons. The summed E-state index contributed by atoms with van der Waals surface area (Å²) in [5, 5.41) is 6.93. The molecule has 61 heavy (non-hydrogen) atoms. The van der Waals surface area contributed by atoms with Gasteiger partial charge in [-0.15, -0.1) is 0 Å². The van der Waals surface area contributed by atoms with Crippen molar-refractivity contribution in [1.29, 1.82) is 0 Å². The van der Waals surface area contributed by atoms with Crippen molar-refractivity contribution in [3.8, 4) is 27.9 Å². The lowest BCUT2D eigenvalue weighted by molar-refractivity contribution is 0.657. The van der Waals surface area contributed by atoms with E-state index in [2.05, 4.69) is 193 Å². The van der Waals surface area contributed by atoms with Gasteiger partial charge in [-0.2, -0.15) is 0 Å². The fourth-order valence-electron chi connectivity index (χ4n) is 10.4. The molecule has 3 aromatic heterocycles. The van der Waals surface area contributed by atoms with Crippen molar-refractivity contribution in [2.24, 2.45) is 0 Å². The molecule has 0 aliphatic heterocycles. The molecule has 4 nitrogen and oxygen atoms in total. The second kappa shape index (κ2) is 12.6. The van der Waals surface area contributed by atoms with Crippen molar-refractivity contribution in [3.63, 3.8) is 0 Å². The quantitative estimate of drug-likeness (QED) is 0.174. The minimum Gasteiger partial charge on any atom is -0.456 e. The van der Waals surface area contributed by atoms with Crippen molar-refractivity contribution in [1.82, 2.24) is 4.57 Å². The number of rotatable bonds is 5. The second-order valence-electron chi connectivity index (χ2n) is 16.9. The van der Waals surface area contributed by atoms with E-state index in [0.717, 1.165) is 66.5 Å². The molecule has 0 bridgehead atoms. The maximum absolute atomic E-state index is 6.44. The van der Waals surface area contributed by atoms with Crippen LogP contribution < -0.4 is 4.90 Å². The van der Waals surface area contributed by atoms with Crippen molar-refractivity contribution >= 4 is 82.7 Å². The first-order valence-electron chi connectivity index (χ1n) is 21.0. The highest BCUT2D eigenvalue weighted by atomic mass is 16.3. The van der Waals surface area contributed by atoms with Crippen LogP contribution in [0.4, 0.5) is 17.1 Å². The van der Waals surface area contributed by atoms with Gasteiger partial charge in [0.15, 0.2) is 0 Å². The SMILES string of the molecule is CC1(C)c2ccccc2-c2ccc(-c3ccc(N(c4ccc5c(c4)oc4ccccc45)c4ccc5c(c4)oc4ccccc45)cc3)c(-n3c4ccccc4c4ccccc43)c21. The second-order valence-corrected chi connectivity index (χ2v) is 16.9. The van der Waals surface area contributed by atoms with E-state index in [1.54, 1.807) is 0 Å². The van der Waals surface area contributed by atoms with Gasteiger partial charge in [0.2, 0.25) is 0 Å². The first-order valence-corrected chi connectivity index (χ1v) is 21.0. The van der Waals surface area contributed by atoms with E-state index in [-0.39, 0.29) is 5.41 Å². The van der Waals surface area contributed by atoms with Gasteiger partial charge in [-0.25, -0.2) is 0 Å². The van der Waals surface area contributed by atoms with Crippen LogP contribution >= 0.6 is 0 Å². The van der Waals surface area contributed by atoms with Crippen molar-refractivity contribution in [2.45, 2.75) is 19.3 Å². The highest BCUT2D eigenvalue weighted by Crippen LogP contribution is 2.54. The van der Waals surface area contributed by atoms with Crippen LogP contribution in [-0.2, 0) is 5.41 Å². The third-order valence-electron chi connectivity index (χ3n) is 13.2. The average Bonchev–Trinajstić information content (AvgIpc) is 4.03. The van der Waals surface area contributed by atoms with E-state index >= 15 is 0 Å². The van der Waals surface area contributed by atoms with Crippen LogP contribution in [0, 0.1) is 0 Å². The molecule has 0 saturated carbocycles. The number of fused-ring (bicyclic) bond motifs is 12. The molecular weight excluding hydrogens is 745 g/mol. The van der Waals surface area contributed by atoms with Gasteiger partial charge >= 0.3 is 0 Å². The van der Waals surface area contributed by atoms with Crippen LogP contribution in [0.15, 0.2) is 203 Å². The summed E-state index contributed by atoms with van der Waals surface area (Å²) in [7, 11) is 0. The molecule has 0 saturated heterocycles. The van der Waals surface area contributed by atoms with Crippen molar-refractivity contribution in [3.05, 3.63) is 205 Å². The Hall–Kier alpha value is -7.82. The Morgan fingerprint density at radius 1 is 0.393 bits per heavy atom. The number of nitrogens with zero attached hydrogens (tertiary/aromatic N) is 2. The third kappa shape index (κ3) is 4.87. The van der Waals surface area contributed by atoms with E-state index in [9.17, 15) is 0 Å². The fourth-order valence-corrected chi connectivity index (χ4v) is 10.4. The first kappa shape index (κ1) is 34.1. The molecule has 0 amide bonds. The topological polar surface area (TPSA) is 34.5 Å². The lowest BCUT2D eigenvalue weighted by Crippen LogP contribution is -2.18. The summed E-state index contributed by atoms with van der Waals surface area (Å²) in [6.07, 6.45) is 0. The third-order valence-corrected chi connectivity index (χ3v) is 13.2. The fraction of sp³-hybridized carbons (Fsp3) is 0.0526. The predicted molar refractivity (Wildman–Crippen MR) is 253 cm³/mol. The maximum Gasteiger partial charge on any atom is 0.137 e. The number of furan rings is 2. The van der Waals surface area contributed by atoms with Gasteiger partial charge in [-0.05, 0) is 88.5 Å². The van der Waals surface area contributed by atoms with Crippen LogP contribution in [0.3, 0.4) is 0 Å². The number of benzene rings is 9. The van der Waals surface area contributed by atoms with Gasteiger partial charge in [0.1, 0.15) is 22.3 Å². The predicted octanol–water partition coefficient (Wildman–Crippen LogP) is 16.0. The van der Waals surface area contributed by atoms with E-state index in [1.165, 1.54) is 55.3 Å². The first-order chi connectivity index (χ1) is 30.0. The van der Waals surface area contributed by atoms with Crippen LogP contribution in [0.2, 0.25) is 0 Å². The largest absolute Gasteiger partial charge is 0.456 e. The highest BCUT2D eigenvalue weighted by molar-refractivity contribution is 6.11. The molecule has 0 spiro atoms. The summed E-state index contributed by atoms with van der Waals surface area (Å²) in [6, 6.07) is 69.9. The van der Waals surface area contributed by atoms with Gasteiger partial charge in [0.05, 0.1) is 16.7 Å². The molecule has 288 valence electrons. The minimum atomic E-state index is -0.231. The molecule has 0 fully saturated rings. The Labute approximate surface area is 352 Å². The number of hydrogen-bond donors (Lipinski definition) is 0. The number of aromatic nitrogens is 1. The summed E-state index contributed by atoms with van der Waals surface area (Å²) >= 11 is 0. The van der Waals surface area contributed by atoms with Crippen molar-refractivity contribution < 1.29 is 8.83 Å². The Morgan fingerprint density at radius 2 is 0.869 bits per heavy atom. The molecule has 0 atom stereocenters. The Kier molecular flexibility index (Phi) is 7.04. The van der Waals surface area contributed by atoms with Gasteiger partial charge in [0.25, 0.3) is 0 Å². The van der Waals surface area contributed by atoms with Gasteiger partial charge in [-0.3, -0.25) is 0 Å². The molecule has 9 aromatic carbocycles. The lowest BCUT2D eigenvalue weighted by atomic mass is 9.80. The lowest BCUT2D eigenvalue weighted by Gasteiger charge is -2.28. The molecule has 13 rings (SSSR count). The molecule has 3 heterocycles. The zero-order valence-electron chi connectivity index (χ0n) is 33.7. The molecule has 4 heteroatoms. The molecule has 0 unspecified atom stereocenters. The zero-order chi connectivity index (χ0) is 40.4. The van der Waals surface area contributed by atoms with Gasteiger partial charge in [0, 0.05) is 72.5 Å². The zero-order valence-corrected chi connectivity index (χ0v) is 33.7. The minimum absolute atomic E-state index is 0.231. The van der Waals surface area contributed by atoms with Gasteiger partial charge in [-0.1, -0.05) is 135 Å². The number of anilines is 3. The molecule has 0 N–H and O–H groups in total. The highest BCUT2D eigenvalue weighted by Gasteiger charge is 2.39. The van der Waals surface area contributed by atoms with E-state index in [0.29, 0.717) is 0 Å². The normalized spacial score (nSPS) is 13.2. The number of para-hydroxylation sites is 4. The maximum atomic E-state index is 6.44. The summed E-state index contributed by atoms with van der Waals surface area (Å²) in [4.78, 5) is 2.30. The summed E-state index contributed by atoms with van der Waals surface area (Å²) in [5.41, 5.74) is 17.6. The van der Waals surface area contributed by atoms with Crippen LogP contribution in [0.25, 0.3) is 93.6 Å². The van der Waals surface area contributed by atoms with Crippen LogP contribution in [-0.4, -0.2) is 4.57 Å². The standard InChI is InChI=1S/C57H38N2O2/c1-57(2)48-18-8-3-13-40(48)47-32-31-39(56(55(47)57)59-49-19-9-4-14-41(49)42-15-5-10-20-50(42)59)35-23-25-36(26-24-35)58(37-27-29-45-43-16-6-11-21-51(43)60-53(45)33-37)38-28-30-46-44-17-7-12-22-52(44)61-54(46)34-38/h3-34H,1-2H3. The number of hydrogen-bond acceptors (Lipinski definition) is 3. The molecule has 1 aliphatic rings.